The maximum absolute atomic E-state index is 14.1. The fourth-order valence-electron chi connectivity index (χ4n) is 3.10. The zero-order valence-corrected chi connectivity index (χ0v) is 11.3. The van der Waals surface area contributed by atoms with Gasteiger partial charge in [-0.3, -0.25) is 0 Å². The molecule has 0 radical (unpaired) electrons. The van der Waals surface area contributed by atoms with Crippen LogP contribution in [0.25, 0.3) is 0 Å². The molecule has 2 N–H and O–H groups in total. The summed E-state index contributed by atoms with van der Waals surface area (Å²) in [6.07, 6.45) is 3.34. The van der Waals surface area contributed by atoms with E-state index in [2.05, 4.69) is 4.90 Å². The Hall–Kier alpha value is -1.60. The molecule has 2 rings (SSSR count). The quantitative estimate of drug-likeness (QED) is 0.906. The average molecular weight is 261 g/mol. The van der Waals surface area contributed by atoms with E-state index in [1.807, 2.05) is 13.0 Å². The molecule has 3 nitrogen and oxygen atoms in total. The number of rotatable bonds is 4. The van der Waals surface area contributed by atoms with Crippen molar-refractivity contribution >= 4 is 5.69 Å². The molecule has 0 heterocycles. The van der Waals surface area contributed by atoms with Crippen LogP contribution in [0.4, 0.5) is 10.1 Å². The number of nitriles is 1. The summed E-state index contributed by atoms with van der Waals surface area (Å²) in [6, 6.07) is 6.98. The van der Waals surface area contributed by atoms with Crippen LogP contribution in [-0.4, -0.2) is 19.1 Å². The highest BCUT2D eigenvalue weighted by Crippen LogP contribution is 2.33. The van der Waals surface area contributed by atoms with E-state index in [0.717, 1.165) is 25.8 Å². The fraction of sp³-hybridized carbons (Fsp3) is 0.533. The smallest absolute Gasteiger partial charge is 0.147 e. The monoisotopic (exact) mass is 261 g/mol. The van der Waals surface area contributed by atoms with Gasteiger partial charge in [-0.2, -0.15) is 5.26 Å². The molecule has 19 heavy (non-hydrogen) atoms. The Morgan fingerprint density at radius 3 is 2.84 bits per heavy atom. The van der Waals surface area contributed by atoms with E-state index in [1.165, 1.54) is 6.07 Å². The Labute approximate surface area is 113 Å². The van der Waals surface area contributed by atoms with Crippen LogP contribution >= 0.6 is 0 Å². The molecule has 0 aliphatic heterocycles. The molecule has 2 unspecified atom stereocenters. The second-order valence-electron chi connectivity index (χ2n) is 5.06. The van der Waals surface area contributed by atoms with Gasteiger partial charge in [0.15, 0.2) is 0 Å². The SMILES string of the molecule is CCN(c1ccc(C#N)cc1F)C1CCCC1CN. The topological polar surface area (TPSA) is 53.0 Å². The van der Waals surface area contributed by atoms with Crippen LogP contribution in [0.1, 0.15) is 31.7 Å². The van der Waals surface area contributed by atoms with E-state index in [9.17, 15) is 4.39 Å². The van der Waals surface area contributed by atoms with Gasteiger partial charge < -0.3 is 10.6 Å². The van der Waals surface area contributed by atoms with Crippen LogP contribution < -0.4 is 10.6 Å². The molecule has 0 bridgehead atoms. The van der Waals surface area contributed by atoms with Crippen LogP contribution in [0, 0.1) is 23.1 Å². The van der Waals surface area contributed by atoms with Crippen LogP contribution in [0.3, 0.4) is 0 Å². The summed E-state index contributed by atoms with van der Waals surface area (Å²) in [5.41, 5.74) is 6.76. The lowest BCUT2D eigenvalue weighted by atomic mass is 10.0. The number of anilines is 1. The van der Waals surface area contributed by atoms with Crippen molar-refractivity contribution in [1.82, 2.24) is 0 Å². The third kappa shape index (κ3) is 2.71. The van der Waals surface area contributed by atoms with Crippen molar-refractivity contribution in [3.05, 3.63) is 29.6 Å². The van der Waals surface area contributed by atoms with Crippen molar-refractivity contribution in [3.8, 4) is 6.07 Å². The first kappa shape index (κ1) is 13.8. The predicted octanol–water partition coefficient (Wildman–Crippen LogP) is 2.65. The molecule has 0 saturated heterocycles. The van der Waals surface area contributed by atoms with E-state index in [0.29, 0.717) is 29.8 Å². The molecule has 102 valence electrons. The lowest BCUT2D eigenvalue weighted by Gasteiger charge is -2.34. The molecular weight excluding hydrogens is 241 g/mol. The summed E-state index contributed by atoms with van der Waals surface area (Å²) in [5.74, 6) is 0.124. The summed E-state index contributed by atoms with van der Waals surface area (Å²) in [7, 11) is 0. The maximum Gasteiger partial charge on any atom is 0.147 e. The van der Waals surface area contributed by atoms with Crippen molar-refractivity contribution < 1.29 is 4.39 Å². The zero-order chi connectivity index (χ0) is 13.8. The molecule has 1 fully saturated rings. The maximum atomic E-state index is 14.1. The first-order valence-electron chi connectivity index (χ1n) is 6.87. The third-order valence-corrected chi connectivity index (χ3v) is 4.05. The minimum Gasteiger partial charge on any atom is -0.366 e. The van der Waals surface area contributed by atoms with E-state index >= 15 is 0 Å². The first-order chi connectivity index (χ1) is 9.21. The van der Waals surface area contributed by atoms with Crippen LogP contribution in [-0.2, 0) is 0 Å². The molecule has 1 aromatic carbocycles. The largest absolute Gasteiger partial charge is 0.366 e. The minimum atomic E-state index is -0.316. The number of nitrogens with zero attached hydrogens (tertiary/aromatic N) is 2. The Kier molecular flexibility index (Phi) is 4.39. The molecule has 1 aromatic rings. The lowest BCUT2D eigenvalue weighted by molar-refractivity contribution is 0.456. The van der Waals surface area contributed by atoms with Crippen molar-refractivity contribution in [2.24, 2.45) is 11.7 Å². The highest BCUT2D eigenvalue weighted by atomic mass is 19.1. The average Bonchev–Trinajstić information content (AvgIpc) is 2.89. The normalized spacial score (nSPS) is 22.2. The second kappa shape index (κ2) is 6.03. The Balaban J connectivity index is 2.29. The molecule has 0 spiro atoms. The van der Waals surface area contributed by atoms with Crippen molar-refractivity contribution in [1.29, 1.82) is 5.26 Å². The van der Waals surface area contributed by atoms with Gasteiger partial charge in [0.25, 0.3) is 0 Å². The van der Waals surface area contributed by atoms with E-state index in [4.69, 9.17) is 11.0 Å². The van der Waals surface area contributed by atoms with Crippen LogP contribution in [0.5, 0.6) is 0 Å². The third-order valence-electron chi connectivity index (χ3n) is 4.05. The summed E-state index contributed by atoms with van der Waals surface area (Å²) in [5, 5.41) is 8.79. The number of hydrogen-bond donors (Lipinski definition) is 1. The number of nitrogens with two attached hydrogens (primary N) is 1. The Morgan fingerprint density at radius 2 is 2.26 bits per heavy atom. The van der Waals surface area contributed by atoms with Crippen LogP contribution in [0.2, 0.25) is 0 Å². The first-order valence-corrected chi connectivity index (χ1v) is 6.87. The predicted molar refractivity (Wildman–Crippen MR) is 74.3 cm³/mol. The Morgan fingerprint density at radius 1 is 1.47 bits per heavy atom. The standard InChI is InChI=1S/C15H20FN3/c1-2-19(14-5-3-4-12(14)10-18)15-7-6-11(9-17)8-13(15)16/h6-8,12,14H,2-5,10,18H2,1H3. The van der Waals surface area contributed by atoms with Gasteiger partial charge in [-0.05, 0) is 50.4 Å². The molecule has 0 amide bonds. The van der Waals surface area contributed by atoms with Crippen molar-refractivity contribution in [2.45, 2.75) is 32.2 Å². The van der Waals surface area contributed by atoms with E-state index in [1.54, 1.807) is 12.1 Å². The molecule has 2 atom stereocenters. The summed E-state index contributed by atoms with van der Waals surface area (Å²) in [4.78, 5) is 2.10. The number of hydrogen-bond acceptors (Lipinski definition) is 3. The highest BCUT2D eigenvalue weighted by molar-refractivity contribution is 5.52. The zero-order valence-electron chi connectivity index (χ0n) is 11.3. The molecule has 0 aromatic heterocycles. The lowest BCUT2D eigenvalue weighted by Crippen LogP contribution is -2.40. The summed E-state index contributed by atoms with van der Waals surface area (Å²) in [6.45, 7) is 3.44. The van der Waals surface area contributed by atoms with Gasteiger partial charge in [-0.15, -0.1) is 0 Å². The fourth-order valence-corrected chi connectivity index (χ4v) is 3.10. The van der Waals surface area contributed by atoms with Gasteiger partial charge in [0.2, 0.25) is 0 Å². The van der Waals surface area contributed by atoms with Gasteiger partial charge >= 0.3 is 0 Å². The molecule has 1 aliphatic rings. The van der Waals surface area contributed by atoms with E-state index in [-0.39, 0.29) is 5.82 Å². The highest BCUT2D eigenvalue weighted by Gasteiger charge is 2.31. The molecular formula is C15H20FN3. The minimum absolute atomic E-state index is 0.316. The van der Waals surface area contributed by atoms with Gasteiger partial charge in [0, 0.05) is 12.6 Å². The summed E-state index contributed by atoms with van der Waals surface area (Å²) < 4.78 is 14.1. The van der Waals surface area contributed by atoms with Gasteiger partial charge in [-0.1, -0.05) is 6.42 Å². The van der Waals surface area contributed by atoms with Gasteiger partial charge in [-0.25, -0.2) is 4.39 Å². The summed E-state index contributed by atoms with van der Waals surface area (Å²) >= 11 is 0. The van der Waals surface area contributed by atoms with Crippen LogP contribution in [0.15, 0.2) is 18.2 Å². The van der Waals surface area contributed by atoms with Crippen molar-refractivity contribution in [2.75, 3.05) is 18.0 Å². The molecule has 4 heteroatoms. The number of benzene rings is 1. The van der Waals surface area contributed by atoms with E-state index < -0.39 is 0 Å². The Bertz CT molecular complexity index is 481. The molecule has 1 aliphatic carbocycles. The van der Waals surface area contributed by atoms with Crippen molar-refractivity contribution in [3.63, 3.8) is 0 Å². The number of halogens is 1. The molecule has 1 saturated carbocycles. The second-order valence-corrected chi connectivity index (χ2v) is 5.06. The van der Waals surface area contributed by atoms with Gasteiger partial charge in [0.1, 0.15) is 5.82 Å². The van der Waals surface area contributed by atoms with Gasteiger partial charge in [0.05, 0.1) is 17.3 Å².